The number of aromatic nitrogens is 2. The van der Waals surface area contributed by atoms with Crippen LogP contribution in [0.25, 0.3) is 0 Å². The van der Waals surface area contributed by atoms with Gasteiger partial charge < -0.3 is 16.0 Å². The molecule has 4 heteroatoms. The van der Waals surface area contributed by atoms with Crippen LogP contribution >= 0.6 is 0 Å². The van der Waals surface area contributed by atoms with E-state index in [9.17, 15) is 0 Å². The fourth-order valence-electron chi connectivity index (χ4n) is 2.30. The maximum absolute atomic E-state index is 6.16. The molecule has 2 atom stereocenters. The van der Waals surface area contributed by atoms with Crippen LogP contribution < -0.4 is 11.1 Å². The fraction of sp³-hybridized carbons (Fsp3) is 0.250. The summed E-state index contributed by atoms with van der Waals surface area (Å²) < 4.78 is 0. The molecular formula is C12H14N4. The molecule has 0 aliphatic carbocycles. The van der Waals surface area contributed by atoms with Gasteiger partial charge in [0.05, 0.1) is 5.92 Å². The first-order valence-electron chi connectivity index (χ1n) is 5.44. The average molecular weight is 214 g/mol. The van der Waals surface area contributed by atoms with Crippen molar-refractivity contribution < 1.29 is 0 Å². The van der Waals surface area contributed by atoms with Crippen molar-refractivity contribution in [2.45, 2.75) is 12.0 Å². The number of para-hydroxylation sites is 1. The zero-order valence-electron chi connectivity index (χ0n) is 8.85. The summed E-state index contributed by atoms with van der Waals surface area (Å²) in [6.45, 7) is 0.780. The van der Waals surface area contributed by atoms with Crippen LogP contribution in [0.4, 0.5) is 5.69 Å². The van der Waals surface area contributed by atoms with E-state index < -0.39 is 0 Å². The standard InChI is InChI=1S/C12H14N4/c13-9-7-16-10-4-2-1-3-8(10)11(9)12-14-5-6-15-12/h1-6,9,11,16H,7,13H2,(H,14,15). The molecule has 82 valence electrons. The van der Waals surface area contributed by atoms with Crippen molar-refractivity contribution in [1.82, 2.24) is 9.97 Å². The molecule has 2 heterocycles. The van der Waals surface area contributed by atoms with Crippen LogP contribution in [0, 0.1) is 0 Å². The molecule has 1 aromatic carbocycles. The van der Waals surface area contributed by atoms with Gasteiger partial charge in [0.2, 0.25) is 0 Å². The van der Waals surface area contributed by atoms with Gasteiger partial charge in [-0.05, 0) is 11.6 Å². The Morgan fingerprint density at radius 2 is 2.19 bits per heavy atom. The third-order valence-electron chi connectivity index (χ3n) is 3.07. The summed E-state index contributed by atoms with van der Waals surface area (Å²) in [6.07, 6.45) is 3.61. The number of fused-ring (bicyclic) bond motifs is 1. The van der Waals surface area contributed by atoms with Crippen molar-refractivity contribution in [2.75, 3.05) is 11.9 Å². The first kappa shape index (κ1) is 9.42. The highest BCUT2D eigenvalue weighted by molar-refractivity contribution is 5.57. The molecule has 1 aliphatic heterocycles. The molecule has 0 saturated carbocycles. The normalized spacial score (nSPS) is 23.6. The van der Waals surface area contributed by atoms with E-state index in [1.165, 1.54) is 5.56 Å². The fourth-order valence-corrected chi connectivity index (χ4v) is 2.30. The lowest BCUT2D eigenvalue weighted by Gasteiger charge is -2.30. The molecule has 1 aliphatic rings. The molecule has 4 N–H and O–H groups in total. The van der Waals surface area contributed by atoms with Gasteiger partial charge in [0.25, 0.3) is 0 Å². The number of imidazole rings is 1. The number of nitrogens with zero attached hydrogens (tertiary/aromatic N) is 1. The maximum atomic E-state index is 6.16. The minimum Gasteiger partial charge on any atom is -0.383 e. The van der Waals surface area contributed by atoms with Crippen LogP contribution in [-0.2, 0) is 0 Å². The van der Waals surface area contributed by atoms with Gasteiger partial charge in [0.1, 0.15) is 5.82 Å². The first-order chi connectivity index (χ1) is 7.86. The molecular weight excluding hydrogens is 200 g/mol. The predicted octanol–water partition coefficient (Wildman–Crippen LogP) is 1.29. The quantitative estimate of drug-likeness (QED) is 0.670. The van der Waals surface area contributed by atoms with E-state index in [0.717, 1.165) is 18.1 Å². The van der Waals surface area contributed by atoms with Crippen molar-refractivity contribution in [3.8, 4) is 0 Å². The molecule has 3 rings (SSSR count). The number of aromatic amines is 1. The Balaban J connectivity index is 2.10. The molecule has 2 unspecified atom stereocenters. The summed E-state index contributed by atoms with van der Waals surface area (Å²) in [4.78, 5) is 7.49. The van der Waals surface area contributed by atoms with E-state index in [0.29, 0.717) is 0 Å². The van der Waals surface area contributed by atoms with E-state index in [-0.39, 0.29) is 12.0 Å². The molecule has 0 fully saturated rings. The number of rotatable bonds is 1. The number of nitrogens with two attached hydrogens (primary N) is 1. The minimum absolute atomic E-state index is 0.0565. The average Bonchev–Trinajstić information content (AvgIpc) is 2.82. The monoisotopic (exact) mass is 214 g/mol. The molecule has 16 heavy (non-hydrogen) atoms. The summed E-state index contributed by atoms with van der Waals surface area (Å²) in [6, 6.07) is 8.31. The molecule has 2 aromatic rings. The van der Waals surface area contributed by atoms with Crippen LogP contribution in [0.2, 0.25) is 0 Å². The highest BCUT2D eigenvalue weighted by Crippen LogP contribution is 2.33. The van der Waals surface area contributed by atoms with E-state index in [1.807, 2.05) is 18.3 Å². The first-order valence-corrected chi connectivity index (χ1v) is 5.44. The van der Waals surface area contributed by atoms with Crippen LogP contribution in [0.15, 0.2) is 36.7 Å². The second kappa shape index (κ2) is 3.64. The van der Waals surface area contributed by atoms with E-state index in [2.05, 4.69) is 27.4 Å². The summed E-state index contributed by atoms with van der Waals surface area (Å²) in [5.41, 5.74) is 8.54. The topological polar surface area (TPSA) is 66.7 Å². The third kappa shape index (κ3) is 1.39. The van der Waals surface area contributed by atoms with Crippen LogP contribution in [-0.4, -0.2) is 22.6 Å². The second-order valence-electron chi connectivity index (χ2n) is 4.08. The van der Waals surface area contributed by atoms with Crippen molar-refractivity contribution in [1.29, 1.82) is 0 Å². The van der Waals surface area contributed by atoms with Crippen molar-refractivity contribution in [3.05, 3.63) is 48.0 Å². The van der Waals surface area contributed by atoms with Gasteiger partial charge in [-0.15, -0.1) is 0 Å². The number of hydrogen-bond acceptors (Lipinski definition) is 3. The lowest BCUT2D eigenvalue weighted by atomic mass is 9.87. The van der Waals surface area contributed by atoms with E-state index >= 15 is 0 Å². The zero-order chi connectivity index (χ0) is 11.0. The van der Waals surface area contributed by atoms with Gasteiger partial charge in [0.15, 0.2) is 0 Å². The van der Waals surface area contributed by atoms with E-state index in [4.69, 9.17) is 5.73 Å². The van der Waals surface area contributed by atoms with Gasteiger partial charge in [0, 0.05) is 30.7 Å². The Morgan fingerprint density at radius 3 is 3.00 bits per heavy atom. The number of H-pyrrole nitrogens is 1. The summed E-state index contributed by atoms with van der Waals surface area (Å²) in [5.74, 6) is 1.11. The molecule has 4 nitrogen and oxygen atoms in total. The zero-order valence-corrected chi connectivity index (χ0v) is 8.85. The molecule has 0 bridgehead atoms. The number of hydrogen-bond donors (Lipinski definition) is 3. The lowest BCUT2D eigenvalue weighted by Crippen LogP contribution is -2.40. The van der Waals surface area contributed by atoms with Crippen molar-refractivity contribution in [3.63, 3.8) is 0 Å². The Hall–Kier alpha value is -1.81. The van der Waals surface area contributed by atoms with Gasteiger partial charge >= 0.3 is 0 Å². The summed E-state index contributed by atoms with van der Waals surface area (Å²) in [7, 11) is 0. The SMILES string of the molecule is NC1CNc2ccccc2C1c1ncc[nH]1. The maximum Gasteiger partial charge on any atom is 0.115 e. The van der Waals surface area contributed by atoms with Crippen LogP contribution in [0.3, 0.4) is 0 Å². The smallest absolute Gasteiger partial charge is 0.115 e. The molecule has 0 spiro atoms. The summed E-state index contributed by atoms with van der Waals surface area (Å²) >= 11 is 0. The van der Waals surface area contributed by atoms with Crippen molar-refractivity contribution in [2.24, 2.45) is 5.73 Å². The van der Waals surface area contributed by atoms with Gasteiger partial charge in [-0.25, -0.2) is 4.98 Å². The second-order valence-corrected chi connectivity index (χ2v) is 4.08. The largest absolute Gasteiger partial charge is 0.383 e. The van der Waals surface area contributed by atoms with Crippen LogP contribution in [0.5, 0.6) is 0 Å². The Morgan fingerprint density at radius 1 is 1.31 bits per heavy atom. The molecule has 1 aromatic heterocycles. The third-order valence-corrected chi connectivity index (χ3v) is 3.07. The highest BCUT2D eigenvalue weighted by atomic mass is 15.0. The van der Waals surface area contributed by atoms with Crippen LogP contribution in [0.1, 0.15) is 17.3 Å². The Bertz CT molecular complexity index is 478. The van der Waals surface area contributed by atoms with Crippen molar-refractivity contribution >= 4 is 5.69 Å². The Kier molecular flexibility index (Phi) is 2.15. The molecule has 0 amide bonds. The van der Waals surface area contributed by atoms with Gasteiger partial charge in [-0.3, -0.25) is 0 Å². The number of nitrogens with one attached hydrogen (secondary N) is 2. The lowest BCUT2D eigenvalue weighted by molar-refractivity contribution is 0.579. The molecule has 0 saturated heterocycles. The number of benzene rings is 1. The van der Waals surface area contributed by atoms with E-state index in [1.54, 1.807) is 6.20 Å². The van der Waals surface area contributed by atoms with Gasteiger partial charge in [-0.1, -0.05) is 18.2 Å². The Labute approximate surface area is 93.9 Å². The predicted molar refractivity (Wildman–Crippen MR) is 63.3 cm³/mol. The highest BCUT2D eigenvalue weighted by Gasteiger charge is 2.29. The minimum atomic E-state index is 0.0565. The molecule has 0 radical (unpaired) electrons. The number of anilines is 1. The summed E-state index contributed by atoms with van der Waals surface area (Å²) in [5, 5.41) is 3.34. The van der Waals surface area contributed by atoms with Gasteiger partial charge in [-0.2, -0.15) is 0 Å².